The van der Waals surface area contributed by atoms with Crippen LogP contribution in [0.2, 0.25) is 0 Å². The SMILES string of the molecule is CC(=O)NCC(=O)N1C[C@@H]2OCC(=O)N(CC3CCCC3)[C@H]2C1. The van der Waals surface area contributed by atoms with E-state index in [1.54, 1.807) is 4.90 Å². The van der Waals surface area contributed by atoms with Gasteiger partial charge in [-0.3, -0.25) is 14.4 Å². The van der Waals surface area contributed by atoms with Crippen molar-refractivity contribution in [2.75, 3.05) is 32.8 Å². The van der Waals surface area contributed by atoms with Crippen molar-refractivity contribution in [1.29, 1.82) is 0 Å². The van der Waals surface area contributed by atoms with Crippen LogP contribution in [0.3, 0.4) is 0 Å². The molecule has 7 nitrogen and oxygen atoms in total. The standard InChI is InChI=1S/C16H25N3O4/c1-11(20)17-6-15(21)18-8-13-14(9-18)23-10-16(22)19(13)7-12-4-2-3-5-12/h12-14H,2-10H2,1H3,(H,17,20)/t13-,14-/m0/s1. The van der Waals surface area contributed by atoms with Crippen LogP contribution in [0.1, 0.15) is 32.6 Å². The molecule has 1 saturated carbocycles. The van der Waals surface area contributed by atoms with Crippen molar-refractivity contribution in [2.45, 2.75) is 44.8 Å². The second kappa shape index (κ2) is 6.86. The first-order valence-electron chi connectivity index (χ1n) is 8.48. The van der Waals surface area contributed by atoms with Gasteiger partial charge in [0.25, 0.3) is 0 Å². The summed E-state index contributed by atoms with van der Waals surface area (Å²) in [5, 5.41) is 2.53. The largest absolute Gasteiger partial charge is 0.364 e. The fourth-order valence-corrected chi connectivity index (χ4v) is 3.89. The van der Waals surface area contributed by atoms with Crippen LogP contribution >= 0.6 is 0 Å². The van der Waals surface area contributed by atoms with Gasteiger partial charge in [-0.05, 0) is 18.8 Å². The lowest BCUT2D eigenvalue weighted by Gasteiger charge is -2.38. The molecule has 1 aliphatic carbocycles. The summed E-state index contributed by atoms with van der Waals surface area (Å²) in [6.45, 7) is 3.30. The fraction of sp³-hybridized carbons (Fsp3) is 0.812. The number of rotatable bonds is 4. The highest BCUT2D eigenvalue weighted by Crippen LogP contribution is 2.30. The fourth-order valence-electron chi connectivity index (χ4n) is 3.89. The predicted molar refractivity (Wildman–Crippen MR) is 82.5 cm³/mol. The molecule has 128 valence electrons. The molecule has 3 fully saturated rings. The number of hydrogen-bond acceptors (Lipinski definition) is 4. The molecule has 3 aliphatic rings. The van der Waals surface area contributed by atoms with E-state index in [1.807, 2.05) is 4.90 Å². The van der Waals surface area contributed by atoms with Crippen LogP contribution < -0.4 is 5.32 Å². The number of amides is 3. The van der Waals surface area contributed by atoms with E-state index in [2.05, 4.69) is 5.32 Å². The van der Waals surface area contributed by atoms with E-state index < -0.39 is 0 Å². The van der Waals surface area contributed by atoms with E-state index in [4.69, 9.17) is 4.74 Å². The second-order valence-electron chi connectivity index (χ2n) is 6.82. The molecular weight excluding hydrogens is 298 g/mol. The number of hydrogen-bond donors (Lipinski definition) is 1. The topological polar surface area (TPSA) is 79.0 Å². The summed E-state index contributed by atoms with van der Waals surface area (Å²) >= 11 is 0. The summed E-state index contributed by atoms with van der Waals surface area (Å²) in [5.74, 6) is 0.284. The van der Waals surface area contributed by atoms with Gasteiger partial charge in [-0.25, -0.2) is 0 Å². The van der Waals surface area contributed by atoms with Crippen molar-refractivity contribution in [3.63, 3.8) is 0 Å². The van der Waals surface area contributed by atoms with Gasteiger partial charge in [0, 0.05) is 26.6 Å². The molecule has 0 aromatic carbocycles. The van der Waals surface area contributed by atoms with Gasteiger partial charge in [0.05, 0.1) is 18.7 Å². The zero-order valence-corrected chi connectivity index (χ0v) is 13.6. The highest BCUT2D eigenvalue weighted by atomic mass is 16.5. The number of likely N-dealkylation sites (tertiary alicyclic amines) is 1. The van der Waals surface area contributed by atoms with Crippen molar-refractivity contribution in [3.8, 4) is 0 Å². The van der Waals surface area contributed by atoms with Gasteiger partial charge in [-0.15, -0.1) is 0 Å². The minimum absolute atomic E-state index is 0.00530. The summed E-state index contributed by atoms with van der Waals surface area (Å²) < 4.78 is 5.64. The zero-order valence-electron chi connectivity index (χ0n) is 13.6. The van der Waals surface area contributed by atoms with Crippen molar-refractivity contribution in [2.24, 2.45) is 5.92 Å². The molecule has 0 unspecified atom stereocenters. The highest BCUT2D eigenvalue weighted by molar-refractivity contribution is 5.84. The van der Waals surface area contributed by atoms with Crippen LogP contribution in [-0.4, -0.2) is 72.5 Å². The van der Waals surface area contributed by atoms with E-state index >= 15 is 0 Å². The van der Waals surface area contributed by atoms with E-state index in [0.29, 0.717) is 19.0 Å². The predicted octanol–water partition coefficient (Wildman–Crippen LogP) is -0.249. The minimum atomic E-state index is -0.218. The third-order valence-electron chi connectivity index (χ3n) is 5.15. The lowest BCUT2D eigenvalue weighted by Crippen LogP contribution is -2.55. The molecule has 3 rings (SSSR count). The van der Waals surface area contributed by atoms with E-state index in [9.17, 15) is 14.4 Å². The normalized spacial score (nSPS) is 28.1. The Kier molecular flexibility index (Phi) is 4.84. The monoisotopic (exact) mass is 323 g/mol. The number of morpholine rings is 1. The molecule has 2 atom stereocenters. The van der Waals surface area contributed by atoms with Gasteiger partial charge >= 0.3 is 0 Å². The Hall–Kier alpha value is -1.63. The molecular formula is C16H25N3O4. The Morgan fingerprint density at radius 1 is 1.26 bits per heavy atom. The molecule has 7 heteroatoms. The number of carbonyl (C=O) groups is 3. The number of carbonyl (C=O) groups excluding carboxylic acids is 3. The molecule has 3 amide bonds. The molecule has 2 heterocycles. The van der Waals surface area contributed by atoms with Crippen LogP contribution in [0.4, 0.5) is 0 Å². The van der Waals surface area contributed by atoms with E-state index in [0.717, 1.165) is 6.54 Å². The van der Waals surface area contributed by atoms with Gasteiger partial charge in [-0.1, -0.05) is 12.8 Å². The Labute approximate surface area is 136 Å². The van der Waals surface area contributed by atoms with Gasteiger partial charge in [0.15, 0.2) is 0 Å². The molecule has 0 spiro atoms. The summed E-state index contributed by atoms with van der Waals surface area (Å²) in [6, 6.07) is -0.0434. The molecule has 0 bridgehead atoms. The number of nitrogens with one attached hydrogen (secondary N) is 1. The van der Waals surface area contributed by atoms with Crippen molar-refractivity contribution < 1.29 is 19.1 Å². The van der Waals surface area contributed by atoms with Crippen LogP contribution in [0.25, 0.3) is 0 Å². The Morgan fingerprint density at radius 3 is 2.70 bits per heavy atom. The average molecular weight is 323 g/mol. The van der Waals surface area contributed by atoms with Crippen LogP contribution in [0, 0.1) is 5.92 Å². The maximum atomic E-state index is 12.3. The van der Waals surface area contributed by atoms with Crippen molar-refractivity contribution in [1.82, 2.24) is 15.1 Å². The Balaban J connectivity index is 1.61. The lowest BCUT2D eigenvalue weighted by molar-refractivity contribution is -0.153. The third-order valence-corrected chi connectivity index (χ3v) is 5.15. The Bertz CT molecular complexity index is 490. The summed E-state index contributed by atoms with van der Waals surface area (Å²) in [7, 11) is 0. The first-order valence-corrected chi connectivity index (χ1v) is 8.48. The van der Waals surface area contributed by atoms with Crippen LogP contribution in [0.15, 0.2) is 0 Å². The zero-order chi connectivity index (χ0) is 16.4. The van der Waals surface area contributed by atoms with Crippen LogP contribution in [0.5, 0.6) is 0 Å². The molecule has 1 N–H and O–H groups in total. The molecule has 2 saturated heterocycles. The maximum absolute atomic E-state index is 12.3. The quantitative estimate of drug-likeness (QED) is 0.774. The molecule has 0 radical (unpaired) electrons. The van der Waals surface area contributed by atoms with Gasteiger partial charge in [0.1, 0.15) is 6.61 Å². The van der Waals surface area contributed by atoms with Gasteiger partial charge < -0.3 is 19.9 Å². The number of nitrogens with zero attached hydrogens (tertiary/aromatic N) is 2. The second-order valence-corrected chi connectivity index (χ2v) is 6.82. The summed E-state index contributed by atoms with van der Waals surface area (Å²) in [4.78, 5) is 39.0. The molecule has 0 aromatic rings. The van der Waals surface area contributed by atoms with E-state index in [1.165, 1.54) is 32.6 Å². The average Bonchev–Trinajstić information content (AvgIpc) is 3.16. The smallest absolute Gasteiger partial charge is 0.248 e. The molecule has 0 aromatic heterocycles. The summed E-state index contributed by atoms with van der Waals surface area (Å²) in [6.07, 6.45) is 4.77. The van der Waals surface area contributed by atoms with E-state index in [-0.39, 0.29) is 43.0 Å². The first-order chi connectivity index (χ1) is 11.0. The molecule has 23 heavy (non-hydrogen) atoms. The highest BCUT2D eigenvalue weighted by Gasteiger charge is 2.45. The first kappa shape index (κ1) is 16.2. The van der Waals surface area contributed by atoms with Gasteiger partial charge in [0.2, 0.25) is 17.7 Å². The maximum Gasteiger partial charge on any atom is 0.248 e. The lowest BCUT2D eigenvalue weighted by atomic mass is 10.0. The Morgan fingerprint density at radius 2 is 2.00 bits per heavy atom. The summed E-state index contributed by atoms with van der Waals surface area (Å²) in [5.41, 5.74) is 0. The van der Waals surface area contributed by atoms with Crippen LogP contribution in [-0.2, 0) is 19.1 Å². The van der Waals surface area contributed by atoms with Crippen molar-refractivity contribution in [3.05, 3.63) is 0 Å². The van der Waals surface area contributed by atoms with Gasteiger partial charge in [-0.2, -0.15) is 0 Å². The third kappa shape index (κ3) is 3.65. The number of ether oxygens (including phenoxy) is 1. The van der Waals surface area contributed by atoms with Crippen molar-refractivity contribution >= 4 is 17.7 Å². The minimum Gasteiger partial charge on any atom is -0.364 e. The number of fused-ring (bicyclic) bond motifs is 1. The molecule has 2 aliphatic heterocycles.